The van der Waals surface area contributed by atoms with E-state index in [1.807, 2.05) is 10.6 Å². The van der Waals surface area contributed by atoms with Crippen molar-refractivity contribution in [1.29, 1.82) is 0 Å². The Morgan fingerprint density at radius 3 is 2.57 bits per heavy atom. The SMILES string of the molecule is COCCn1c(=NC(=O)c2ccc3nccnc3c2)sc2cc(C(=O)OC)ccc21. The van der Waals surface area contributed by atoms with Crippen LogP contribution in [0.25, 0.3) is 21.3 Å². The standard InChI is InChI=1S/C21H18N4O4S/c1-28-10-9-25-17-6-4-14(20(27)29-2)12-18(17)30-21(25)24-19(26)13-3-5-15-16(11-13)23-8-7-22-15/h3-8,11-12H,9-10H2,1-2H3. The van der Waals surface area contributed by atoms with E-state index in [-0.39, 0.29) is 5.91 Å². The molecule has 0 bridgehead atoms. The molecule has 0 fully saturated rings. The number of amides is 1. The van der Waals surface area contributed by atoms with E-state index in [0.29, 0.717) is 40.1 Å². The lowest BCUT2D eigenvalue weighted by atomic mass is 10.2. The second-order valence-corrected chi connectivity index (χ2v) is 7.39. The van der Waals surface area contributed by atoms with Gasteiger partial charge in [-0.25, -0.2) is 4.79 Å². The number of ether oxygens (including phenoxy) is 2. The number of hydrogen-bond acceptors (Lipinski definition) is 7. The number of benzene rings is 2. The predicted octanol–water partition coefficient (Wildman–Crippen LogP) is 2.82. The number of esters is 1. The van der Waals surface area contributed by atoms with Gasteiger partial charge in [0, 0.05) is 31.6 Å². The quantitative estimate of drug-likeness (QED) is 0.459. The van der Waals surface area contributed by atoms with E-state index in [1.54, 1.807) is 49.8 Å². The Morgan fingerprint density at radius 2 is 1.80 bits per heavy atom. The number of carbonyl (C=O) groups excluding carboxylic acids is 2. The molecule has 0 spiro atoms. The van der Waals surface area contributed by atoms with E-state index in [0.717, 1.165) is 10.2 Å². The maximum absolute atomic E-state index is 12.9. The highest BCUT2D eigenvalue weighted by molar-refractivity contribution is 7.16. The summed E-state index contributed by atoms with van der Waals surface area (Å²) in [4.78, 5) is 38.0. The van der Waals surface area contributed by atoms with Crippen LogP contribution in [0.1, 0.15) is 20.7 Å². The van der Waals surface area contributed by atoms with Gasteiger partial charge in [-0.1, -0.05) is 11.3 Å². The molecule has 0 saturated carbocycles. The molecule has 0 unspecified atom stereocenters. The summed E-state index contributed by atoms with van der Waals surface area (Å²) in [6, 6.07) is 10.4. The van der Waals surface area contributed by atoms with Crippen LogP contribution in [-0.4, -0.2) is 47.2 Å². The molecular formula is C21H18N4O4S. The summed E-state index contributed by atoms with van der Waals surface area (Å²) in [5.74, 6) is -0.797. The van der Waals surface area contributed by atoms with Crippen LogP contribution < -0.4 is 4.80 Å². The summed E-state index contributed by atoms with van der Waals surface area (Å²) in [5, 5.41) is 0. The monoisotopic (exact) mass is 422 g/mol. The largest absolute Gasteiger partial charge is 0.465 e. The summed E-state index contributed by atoms with van der Waals surface area (Å²) >= 11 is 1.33. The van der Waals surface area contributed by atoms with Crippen LogP contribution in [-0.2, 0) is 16.0 Å². The third-order valence-electron chi connectivity index (χ3n) is 4.54. The van der Waals surface area contributed by atoms with Gasteiger partial charge in [0.15, 0.2) is 4.80 Å². The van der Waals surface area contributed by atoms with Gasteiger partial charge in [-0.15, -0.1) is 0 Å². The Hall–Kier alpha value is -3.43. The molecule has 2 aromatic heterocycles. The smallest absolute Gasteiger partial charge is 0.337 e. The van der Waals surface area contributed by atoms with Crippen LogP contribution in [0.4, 0.5) is 0 Å². The molecule has 152 valence electrons. The van der Waals surface area contributed by atoms with Crippen molar-refractivity contribution < 1.29 is 19.1 Å². The van der Waals surface area contributed by atoms with Gasteiger partial charge in [-0.05, 0) is 36.4 Å². The zero-order chi connectivity index (χ0) is 21.1. The zero-order valence-corrected chi connectivity index (χ0v) is 17.2. The molecule has 0 saturated heterocycles. The molecule has 0 aliphatic carbocycles. The molecule has 1 amide bonds. The molecular weight excluding hydrogens is 404 g/mol. The van der Waals surface area contributed by atoms with Crippen LogP contribution in [0.5, 0.6) is 0 Å². The van der Waals surface area contributed by atoms with Crippen molar-refractivity contribution in [3.05, 3.63) is 64.7 Å². The number of thiazole rings is 1. The fraction of sp³-hybridized carbons (Fsp3) is 0.190. The normalized spacial score (nSPS) is 11.9. The molecule has 0 radical (unpaired) electrons. The van der Waals surface area contributed by atoms with E-state index >= 15 is 0 Å². The van der Waals surface area contributed by atoms with E-state index in [2.05, 4.69) is 15.0 Å². The van der Waals surface area contributed by atoms with Crippen molar-refractivity contribution in [3.63, 3.8) is 0 Å². The lowest BCUT2D eigenvalue weighted by Crippen LogP contribution is -2.19. The summed E-state index contributed by atoms with van der Waals surface area (Å²) < 4.78 is 12.7. The van der Waals surface area contributed by atoms with E-state index < -0.39 is 5.97 Å². The highest BCUT2D eigenvalue weighted by Gasteiger charge is 2.13. The zero-order valence-electron chi connectivity index (χ0n) is 16.4. The van der Waals surface area contributed by atoms with Crippen molar-refractivity contribution >= 4 is 44.5 Å². The Balaban J connectivity index is 1.80. The van der Waals surface area contributed by atoms with Gasteiger partial charge in [0.1, 0.15) is 0 Å². The van der Waals surface area contributed by atoms with Gasteiger partial charge >= 0.3 is 5.97 Å². The van der Waals surface area contributed by atoms with E-state index in [1.165, 1.54) is 18.4 Å². The van der Waals surface area contributed by atoms with E-state index in [9.17, 15) is 9.59 Å². The van der Waals surface area contributed by atoms with E-state index in [4.69, 9.17) is 9.47 Å². The Labute approximate surface area is 175 Å². The first kappa shape index (κ1) is 19.9. The second kappa shape index (κ2) is 8.52. The number of aromatic nitrogens is 3. The number of fused-ring (bicyclic) bond motifs is 2. The third-order valence-corrected chi connectivity index (χ3v) is 5.58. The summed E-state index contributed by atoms with van der Waals surface area (Å²) in [5.41, 5.74) is 3.07. The molecule has 0 atom stereocenters. The van der Waals surface area contributed by atoms with Gasteiger partial charge in [0.25, 0.3) is 5.91 Å². The van der Waals surface area contributed by atoms with Crippen LogP contribution in [0.3, 0.4) is 0 Å². The Bertz CT molecular complexity index is 1330. The van der Waals surface area contributed by atoms with Gasteiger partial charge in [0.2, 0.25) is 0 Å². The van der Waals surface area contributed by atoms with Crippen LogP contribution in [0.2, 0.25) is 0 Å². The maximum atomic E-state index is 12.9. The molecule has 2 aromatic carbocycles. The molecule has 2 heterocycles. The molecule has 0 N–H and O–H groups in total. The minimum Gasteiger partial charge on any atom is -0.465 e. The topological polar surface area (TPSA) is 95.7 Å². The molecule has 4 rings (SSSR count). The number of carbonyl (C=O) groups is 2. The molecule has 0 aliphatic heterocycles. The first-order valence-corrected chi connectivity index (χ1v) is 9.93. The molecule has 9 heteroatoms. The van der Waals surface area contributed by atoms with Crippen LogP contribution in [0, 0.1) is 0 Å². The van der Waals surface area contributed by atoms with Crippen molar-refractivity contribution in [2.24, 2.45) is 4.99 Å². The Kier molecular flexibility index (Phi) is 5.64. The highest BCUT2D eigenvalue weighted by atomic mass is 32.1. The average Bonchev–Trinajstić information content (AvgIpc) is 3.12. The summed E-state index contributed by atoms with van der Waals surface area (Å²) in [6.07, 6.45) is 3.18. The summed E-state index contributed by atoms with van der Waals surface area (Å²) in [6.45, 7) is 0.973. The van der Waals surface area contributed by atoms with Crippen molar-refractivity contribution in [3.8, 4) is 0 Å². The minimum atomic E-state index is -0.416. The maximum Gasteiger partial charge on any atom is 0.337 e. The number of methoxy groups -OCH3 is 2. The summed E-state index contributed by atoms with van der Waals surface area (Å²) in [7, 11) is 2.95. The van der Waals surface area contributed by atoms with Crippen molar-refractivity contribution in [2.45, 2.75) is 6.54 Å². The number of hydrogen-bond donors (Lipinski definition) is 0. The number of nitrogens with zero attached hydrogens (tertiary/aromatic N) is 4. The van der Waals surface area contributed by atoms with Crippen LogP contribution >= 0.6 is 11.3 Å². The third kappa shape index (κ3) is 3.85. The van der Waals surface area contributed by atoms with Gasteiger partial charge in [-0.2, -0.15) is 4.99 Å². The first-order chi connectivity index (χ1) is 14.6. The molecule has 8 nitrogen and oxygen atoms in total. The van der Waals surface area contributed by atoms with Gasteiger partial charge in [-0.3, -0.25) is 14.8 Å². The van der Waals surface area contributed by atoms with Crippen molar-refractivity contribution in [2.75, 3.05) is 20.8 Å². The lowest BCUT2D eigenvalue weighted by molar-refractivity contribution is 0.0600. The highest BCUT2D eigenvalue weighted by Crippen LogP contribution is 2.20. The lowest BCUT2D eigenvalue weighted by Gasteiger charge is -2.05. The molecule has 30 heavy (non-hydrogen) atoms. The van der Waals surface area contributed by atoms with Crippen LogP contribution in [0.15, 0.2) is 53.8 Å². The van der Waals surface area contributed by atoms with Gasteiger partial charge < -0.3 is 14.0 Å². The second-order valence-electron chi connectivity index (χ2n) is 6.38. The van der Waals surface area contributed by atoms with Gasteiger partial charge in [0.05, 0.1) is 40.5 Å². The molecule has 0 aliphatic rings. The predicted molar refractivity (Wildman–Crippen MR) is 112 cm³/mol. The minimum absolute atomic E-state index is 0.381. The molecule has 4 aromatic rings. The fourth-order valence-electron chi connectivity index (χ4n) is 3.05. The Morgan fingerprint density at radius 1 is 1.03 bits per heavy atom. The van der Waals surface area contributed by atoms with Crippen molar-refractivity contribution in [1.82, 2.24) is 14.5 Å². The fourth-order valence-corrected chi connectivity index (χ4v) is 4.14. The first-order valence-electron chi connectivity index (χ1n) is 9.11. The number of rotatable bonds is 5. The average molecular weight is 422 g/mol.